The number of rotatable bonds is 6. The van der Waals surface area contributed by atoms with E-state index in [0.29, 0.717) is 0 Å². The van der Waals surface area contributed by atoms with Crippen LogP contribution >= 0.6 is 0 Å². The first-order valence-corrected chi connectivity index (χ1v) is 8.10. The molecule has 0 heterocycles. The van der Waals surface area contributed by atoms with Crippen LogP contribution in [-0.2, 0) is 12.8 Å². The van der Waals surface area contributed by atoms with Crippen molar-refractivity contribution in [2.75, 3.05) is 14.2 Å². The van der Waals surface area contributed by atoms with Gasteiger partial charge in [-0.15, -0.1) is 0 Å². The predicted octanol–water partition coefficient (Wildman–Crippen LogP) is 4.89. The van der Waals surface area contributed by atoms with Crippen LogP contribution in [0.15, 0.2) is 72.8 Å². The fourth-order valence-corrected chi connectivity index (χ4v) is 2.81. The van der Waals surface area contributed by atoms with E-state index in [4.69, 9.17) is 9.47 Å². The summed E-state index contributed by atoms with van der Waals surface area (Å²) in [7, 11) is 3.38. The molecule has 0 fully saturated rings. The Labute approximate surface area is 143 Å². The van der Waals surface area contributed by atoms with Crippen molar-refractivity contribution in [3.63, 3.8) is 0 Å². The second-order valence-corrected chi connectivity index (χ2v) is 5.87. The Balaban J connectivity index is 1.70. The summed E-state index contributed by atoms with van der Waals surface area (Å²) >= 11 is 0. The maximum atomic E-state index is 5.21. The minimum Gasteiger partial charge on any atom is -0.497 e. The molecule has 0 amide bonds. The number of methoxy groups -OCH3 is 2. The van der Waals surface area contributed by atoms with Gasteiger partial charge in [0, 0.05) is 0 Å². The molecule has 3 aromatic carbocycles. The van der Waals surface area contributed by atoms with Crippen LogP contribution in [0.1, 0.15) is 22.3 Å². The quantitative estimate of drug-likeness (QED) is 0.644. The number of ether oxygens (including phenoxy) is 2. The Kier molecular flexibility index (Phi) is 5.17. The summed E-state index contributed by atoms with van der Waals surface area (Å²) in [4.78, 5) is 0. The van der Waals surface area contributed by atoms with E-state index in [1.165, 1.54) is 22.3 Å². The highest BCUT2D eigenvalue weighted by Gasteiger charge is 2.01. The van der Waals surface area contributed by atoms with Gasteiger partial charge >= 0.3 is 0 Å². The van der Waals surface area contributed by atoms with Crippen LogP contribution in [0.5, 0.6) is 11.5 Å². The Morgan fingerprint density at radius 2 is 0.958 bits per heavy atom. The summed E-state index contributed by atoms with van der Waals surface area (Å²) in [6.45, 7) is 0. The molecule has 3 rings (SSSR count). The maximum Gasteiger partial charge on any atom is 0.118 e. The van der Waals surface area contributed by atoms with Crippen LogP contribution in [0.3, 0.4) is 0 Å². The van der Waals surface area contributed by atoms with Crippen LogP contribution in [0.25, 0.3) is 0 Å². The van der Waals surface area contributed by atoms with Crippen LogP contribution in [0.4, 0.5) is 0 Å². The zero-order chi connectivity index (χ0) is 16.8. The standard InChI is InChI=1S/C22H22O2/c1-23-21-10-6-17(7-11-21)14-19-4-3-5-20(16-19)15-18-8-12-22(24-2)13-9-18/h3-13,16H,14-15H2,1-2H3. The lowest BCUT2D eigenvalue weighted by atomic mass is 9.99. The van der Waals surface area contributed by atoms with Crippen molar-refractivity contribution in [2.45, 2.75) is 12.8 Å². The molecule has 0 unspecified atom stereocenters. The Morgan fingerprint density at radius 1 is 0.542 bits per heavy atom. The lowest BCUT2D eigenvalue weighted by Crippen LogP contribution is -1.93. The van der Waals surface area contributed by atoms with Crippen molar-refractivity contribution in [3.8, 4) is 11.5 Å². The molecule has 0 saturated heterocycles. The minimum absolute atomic E-state index is 0.895. The second kappa shape index (κ2) is 7.69. The van der Waals surface area contributed by atoms with Crippen molar-refractivity contribution >= 4 is 0 Å². The molecule has 0 aliphatic carbocycles. The average Bonchev–Trinajstić information content (AvgIpc) is 2.63. The van der Waals surface area contributed by atoms with E-state index >= 15 is 0 Å². The molecule has 122 valence electrons. The fourth-order valence-electron chi connectivity index (χ4n) is 2.81. The molecular weight excluding hydrogens is 296 g/mol. The summed E-state index contributed by atoms with van der Waals surface area (Å²) in [6.07, 6.45) is 1.86. The SMILES string of the molecule is COc1ccc(Cc2cccc(Cc3ccc(OC)cc3)c2)cc1. The molecule has 2 heteroatoms. The molecule has 0 atom stereocenters. The zero-order valence-corrected chi connectivity index (χ0v) is 14.2. The fraction of sp³-hybridized carbons (Fsp3) is 0.182. The van der Waals surface area contributed by atoms with Crippen LogP contribution < -0.4 is 9.47 Å². The Bertz CT molecular complexity index is 709. The molecule has 0 spiro atoms. The van der Waals surface area contributed by atoms with Gasteiger partial charge in [0.2, 0.25) is 0 Å². The van der Waals surface area contributed by atoms with Gasteiger partial charge in [-0.25, -0.2) is 0 Å². The monoisotopic (exact) mass is 318 g/mol. The van der Waals surface area contributed by atoms with E-state index in [-0.39, 0.29) is 0 Å². The molecule has 3 aromatic rings. The van der Waals surface area contributed by atoms with Crippen molar-refractivity contribution < 1.29 is 9.47 Å². The first kappa shape index (κ1) is 16.1. The van der Waals surface area contributed by atoms with E-state index in [1.807, 2.05) is 24.3 Å². The highest BCUT2D eigenvalue weighted by atomic mass is 16.5. The predicted molar refractivity (Wildman–Crippen MR) is 98.0 cm³/mol. The smallest absolute Gasteiger partial charge is 0.118 e. The number of hydrogen-bond acceptors (Lipinski definition) is 2. The van der Waals surface area contributed by atoms with Crippen molar-refractivity contribution in [1.82, 2.24) is 0 Å². The van der Waals surface area contributed by atoms with Crippen LogP contribution in [0.2, 0.25) is 0 Å². The van der Waals surface area contributed by atoms with E-state index in [1.54, 1.807) is 14.2 Å². The molecule has 2 nitrogen and oxygen atoms in total. The number of benzene rings is 3. The first-order valence-electron chi connectivity index (χ1n) is 8.10. The van der Waals surface area contributed by atoms with Crippen LogP contribution in [0, 0.1) is 0 Å². The summed E-state index contributed by atoms with van der Waals surface area (Å²) in [6, 6.07) is 25.3. The molecule has 0 aliphatic heterocycles. The minimum atomic E-state index is 0.895. The molecule has 0 bridgehead atoms. The molecule has 0 aromatic heterocycles. The van der Waals surface area contributed by atoms with Gasteiger partial charge in [0.25, 0.3) is 0 Å². The van der Waals surface area contributed by atoms with E-state index in [2.05, 4.69) is 48.5 Å². The molecule has 0 aliphatic rings. The first-order chi connectivity index (χ1) is 11.8. The highest BCUT2D eigenvalue weighted by molar-refractivity contribution is 5.36. The van der Waals surface area contributed by atoms with E-state index in [0.717, 1.165) is 24.3 Å². The van der Waals surface area contributed by atoms with Crippen molar-refractivity contribution in [1.29, 1.82) is 0 Å². The van der Waals surface area contributed by atoms with Gasteiger partial charge < -0.3 is 9.47 Å². The normalized spacial score (nSPS) is 10.4. The molecule has 0 N–H and O–H groups in total. The third-order valence-electron chi connectivity index (χ3n) is 4.13. The lowest BCUT2D eigenvalue weighted by Gasteiger charge is -2.08. The summed E-state index contributed by atoms with van der Waals surface area (Å²) < 4.78 is 10.4. The van der Waals surface area contributed by atoms with Gasteiger partial charge in [-0.3, -0.25) is 0 Å². The number of hydrogen-bond donors (Lipinski definition) is 0. The maximum absolute atomic E-state index is 5.21. The Morgan fingerprint density at radius 3 is 1.33 bits per heavy atom. The average molecular weight is 318 g/mol. The van der Waals surface area contributed by atoms with E-state index in [9.17, 15) is 0 Å². The molecular formula is C22H22O2. The largest absolute Gasteiger partial charge is 0.497 e. The third kappa shape index (κ3) is 4.17. The third-order valence-corrected chi connectivity index (χ3v) is 4.13. The Hall–Kier alpha value is -2.74. The van der Waals surface area contributed by atoms with Gasteiger partial charge in [-0.1, -0.05) is 48.5 Å². The van der Waals surface area contributed by atoms with Crippen molar-refractivity contribution in [3.05, 3.63) is 95.1 Å². The summed E-state index contributed by atoms with van der Waals surface area (Å²) in [5.74, 6) is 1.79. The second-order valence-electron chi connectivity index (χ2n) is 5.87. The van der Waals surface area contributed by atoms with Gasteiger partial charge in [-0.05, 0) is 59.4 Å². The van der Waals surface area contributed by atoms with Gasteiger partial charge in [-0.2, -0.15) is 0 Å². The topological polar surface area (TPSA) is 18.5 Å². The highest BCUT2D eigenvalue weighted by Crippen LogP contribution is 2.18. The van der Waals surface area contributed by atoms with E-state index < -0.39 is 0 Å². The van der Waals surface area contributed by atoms with Crippen LogP contribution in [-0.4, -0.2) is 14.2 Å². The molecule has 0 radical (unpaired) electrons. The summed E-state index contributed by atoms with van der Waals surface area (Å²) in [5.41, 5.74) is 5.23. The van der Waals surface area contributed by atoms with Gasteiger partial charge in [0.05, 0.1) is 14.2 Å². The lowest BCUT2D eigenvalue weighted by molar-refractivity contribution is 0.414. The van der Waals surface area contributed by atoms with Gasteiger partial charge in [0.15, 0.2) is 0 Å². The van der Waals surface area contributed by atoms with Crippen molar-refractivity contribution in [2.24, 2.45) is 0 Å². The summed E-state index contributed by atoms with van der Waals surface area (Å²) in [5, 5.41) is 0. The molecule has 0 saturated carbocycles. The van der Waals surface area contributed by atoms with Gasteiger partial charge in [0.1, 0.15) is 11.5 Å². The zero-order valence-electron chi connectivity index (χ0n) is 14.2. The molecule has 24 heavy (non-hydrogen) atoms.